The lowest BCUT2D eigenvalue weighted by molar-refractivity contribution is 0.659. The SMILES string of the molecule is CCn1cc(CNc2c(C)cccc2Cl)cn1. The quantitative estimate of drug-likeness (QED) is 0.899. The molecular weight excluding hydrogens is 234 g/mol. The fourth-order valence-corrected chi connectivity index (χ4v) is 2.01. The van der Waals surface area contributed by atoms with Crippen LogP contribution < -0.4 is 5.32 Å². The number of nitrogens with zero attached hydrogens (tertiary/aromatic N) is 2. The Labute approximate surface area is 106 Å². The van der Waals surface area contributed by atoms with E-state index in [1.54, 1.807) is 0 Å². The van der Waals surface area contributed by atoms with Crippen LogP contribution >= 0.6 is 11.6 Å². The van der Waals surface area contributed by atoms with Crippen molar-refractivity contribution in [3.8, 4) is 0 Å². The van der Waals surface area contributed by atoms with Gasteiger partial charge < -0.3 is 5.32 Å². The van der Waals surface area contributed by atoms with Crippen LogP contribution in [0.2, 0.25) is 5.02 Å². The number of aromatic nitrogens is 2. The van der Waals surface area contributed by atoms with Crippen LogP contribution in [0.15, 0.2) is 30.6 Å². The molecule has 4 heteroatoms. The van der Waals surface area contributed by atoms with Gasteiger partial charge in [0, 0.05) is 24.8 Å². The van der Waals surface area contributed by atoms with Crippen molar-refractivity contribution in [2.24, 2.45) is 0 Å². The molecule has 0 fully saturated rings. The number of hydrogen-bond donors (Lipinski definition) is 1. The molecule has 0 unspecified atom stereocenters. The van der Waals surface area contributed by atoms with E-state index >= 15 is 0 Å². The maximum Gasteiger partial charge on any atom is 0.0640 e. The average Bonchev–Trinajstić information content (AvgIpc) is 2.76. The Morgan fingerprint density at radius 3 is 2.88 bits per heavy atom. The van der Waals surface area contributed by atoms with E-state index in [2.05, 4.69) is 17.3 Å². The predicted molar refractivity (Wildman–Crippen MR) is 71.4 cm³/mol. The smallest absolute Gasteiger partial charge is 0.0640 e. The average molecular weight is 250 g/mol. The van der Waals surface area contributed by atoms with E-state index in [4.69, 9.17) is 11.6 Å². The molecule has 0 aliphatic rings. The van der Waals surface area contributed by atoms with E-state index in [0.717, 1.165) is 34.9 Å². The number of benzene rings is 1. The third-order valence-electron chi connectivity index (χ3n) is 2.70. The van der Waals surface area contributed by atoms with Crippen LogP contribution in [0.5, 0.6) is 0 Å². The summed E-state index contributed by atoms with van der Waals surface area (Å²) in [5, 5.41) is 8.34. The van der Waals surface area contributed by atoms with Crippen molar-refractivity contribution >= 4 is 17.3 Å². The molecule has 17 heavy (non-hydrogen) atoms. The van der Waals surface area contributed by atoms with E-state index < -0.39 is 0 Å². The Morgan fingerprint density at radius 1 is 1.41 bits per heavy atom. The van der Waals surface area contributed by atoms with Gasteiger partial charge in [0.05, 0.1) is 16.9 Å². The molecule has 3 nitrogen and oxygen atoms in total. The second kappa shape index (κ2) is 5.23. The van der Waals surface area contributed by atoms with Crippen LogP contribution in [0.3, 0.4) is 0 Å². The van der Waals surface area contributed by atoms with E-state index in [0.29, 0.717) is 0 Å². The molecule has 0 atom stereocenters. The minimum atomic E-state index is 0.741. The summed E-state index contributed by atoms with van der Waals surface area (Å²) in [7, 11) is 0. The largest absolute Gasteiger partial charge is 0.379 e. The van der Waals surface area contributed by atoms with Crippen LogP contribution in [-0.4, -0.2) is 9.78 Å². The number of nitrogens with one attached hydrogen (secondary N) is 1. The zero-order chi connectivity index (χ0) is 12.3. The molecule has 0 amide bonds. The van der Waals surface area contributed by atoms with Crippen LogP contribution in [0.1, 0.15) is 18.1 Å². The predicted octanol–water partition coefficient (Wildman–Crippen LogP) is 3.48. The summed E-state index contributed by atoms with van der Waals surface area (Å²) in [6, 6.07) is 5.90. The molecule has 0 aliphatic carbocycles. The van der Waals surface area contributed by atoms with Gasteiger partial charge in [0.2, 0.25) is 0 Å². The zero-order valence-corrected chi connectivity index (χ0v) is 10.8. The first-order valence-electron chi connectivity index (χ1n) is 5.71. The van der Waals surface area contributed by atoms with Crippen LogP contribution in [0, 0.1) is 6.92 Å². The van der Waals surface area contributed by atoms with Gasteiger partial charge in [-0.2, -0.15) is 5.10 Å². The summed E-state index contributed by atoms with van der Waals surface area (Å²) in [6.45, 7) is 5.75. The van der Waals surface area contributed by atoms with Crippen molar-refractivity contribution in [2.75, 3.05) is 5.32 Å². The van der Waals surface area contributed by atoms with Gasteiger partial charge in [-0.1, -0.05) is 23.7 Å². The Bertz CT molecular complexity index is 485. The highest BCUT2D eigenvalue weighted by molar-refractivity contribution is 6.33. The number of aryl methyl sites for hydroxylation is 2. The number of para-hydroxylation sites is 1. The molecule has 1 heterocycles. The van der Waals surface area contributed by atoms with Crippen LogP contribution in [0.25, 0.3) is 0 Å². The summed E-state index contributed by atoms with van der Waals surface area (Å²) in [4.78, 5) is 0. The van der Waals surface area contributed by atoms with Crippen molar-refractivity contribution in [2.45, 2.75) is 26.9 Å². The standard InChI is InChI=1S/C13H16ClN3/c1-3-17-9-11(8-16-17)7-15-13-10(2)5-4-6-12(13)14/h4-6,8-9,15H,3,7H2,1-2H3. The van der Waals surface area contributed by atoms with Crippen molar-refractivity contribution < 1.29 is 0 Å². The zero-order valence-electron chi connectivity index (χ0n) is 10.1. The Balaban J connectivity index is 2.07. The molecule has 0 saturated heterocycles. The minimum absolute atomic E-state index is 0.741. The summed E-state index contributed by atoms with van der Waals surface area (Å²) < 4.78 is 1.91. The minimum Gasteiger partial charge on any atom is -0.379 e. The molecule has 2 aromatic rings. The molecule has 0 saturated carbocycles. The van der Waals surface area contributed by atoms with Crippen molar-refractivity contribution in [3.63, 3.8) is 0 Å². The Hall–Kier alpha value is -1.48. The Kier molecular flexibility index (Phi) is 3.69. The van der Waals surface area contributed by atoms with Gasteiger partial charge in [-0.25, -0.2) is 0 Å². The monoisotopic (exact) mass is 249 g/mol. The third-order valence-corrected chi connectivity index (χ3v) is 3.02. The second-order valence-electron chi connectivity index (χ2n) is 3.99. The molecule has 1 N–H and O–H groups in total. The van der Waals surface area contributed by atoms with Gasteiger partial charge in [0.15, 0.2) is 0 Å². The summed E-state index contributed by atoms with van der Waals surface area (Å²) >= 11 is 6.14. The number of rotatable bonds is 4. The lowest BCUT2D eigenvalue weighted by Crippen LogP contribution is -2.01. The summed E-state index contributed by atoms with van der Waals surface area (Å²) in [5.41, 5.74) is 3.31. The summed E-state index contributed by atoms with van der Waals surface area (Å²) in [6.07, 6.45) is 3.92. The van der Waals surface area contributed by atoms with Crippen molar-refractivity contribution in [1.82, 2.24) is 9.78 Å². The van der Waals surface area contributed by atoms with Crippen molar-refractivity contribution in [3.05, 3.63) is 46.7 Å². The lowest BCUT2D eigenvalue weighted by Gasteiger charge is -2.10. The van der Waals surface area contributed by atoms with Crippen molar-refractivity contribution in [1.29, 1.82) is 0 Å². The third kappa shape index (κ3) is 2.80. The van der Waals surface area contributed by atoms with Crippen LogP contribution in [-0.2, 0) is 13.1 Å². The van der Waals surface area contributed by atoms with Gasteiger partial charge in [0.1, 0.15) is 0 Å². The number of halogens is 1. The van der Waals surface area contributed by atoms with Gasteiger partial charge in [-0.15, -0.1) is 0 Å². The maximum atomic E-state index is 6.14. The second-order valence-corrected chi connectivity index (χ2v) is 4.40. The van der Waals surface area contributed by atoms with E-state index in [-0.39, 0.29) is 0 Å². The van der Waals surface area contributed by atoms with Gasteiger partial charge in [-0.05, 0) is 25.5 Å². The van der Waals surface area contributed by atoms with Gasteiger partial charge >= 0.3 is 0 Å². The van der Waals surface area contributed by atoms with E-state index in [1.165, 1.54) is 0 Å². The topological polar surface area (TPSA) is 29.9 Å². The van der Waals surface area contributed by atoms with Crippen LogP contribution in [0.4, 0.5) is 5.69 Å². The molecule has 90 valence electrons. The first kappa shape index (κ1) is 12.0. The maximum absolute atomic E-state index is 6.14. The molecule has 0 bridgehead atoms. The lowest BCUT2D eigenvalue weighted by atomic mass is 10.2. The van der Waals surface area contributed by atoms with Gasteiger partial charge in [-0.3, -0.25) is 4.68 Å². The fraction of sp³-hybridized carbons (Fsp3) is 0.308. The Morgan fingerprint density at radius 2 is 2.24 bits per heavy atom. The first-order valence-corrected chi connectivity index (χ1v) is 6.09. The van der Waals surface area contributed by atoms with E-state index in [1.807, 2.05) is 42.2 Å². The molecule has 0 aliphatic heterocycles. The number of hydrogen-bond acceptors (Lipinski definition) is 2. The summed E-state index contributed by atoms with van der Waals surface area (Å²) in [5.74, 6) is 0. The molecular formula is C13H16ClN3. The molecule has 0 radical (unpaired) electrons. The molecule has 2 rings (SSSR count). The van der Waals surface area contributed by atoms with Gasteiger partial charge in [0.25, 0.3) is 0 Å². The van der Waals surface area contributed by atoms with E-state index in [9.17, 15) is 0 Å². The highest BCUT2D eigenvalue weighted by Gasteiger charge is 2.03. The normalized spacial score (nSPS) is 10.5. The molecule has 1 aromatic heterocycles. The molecule has 1 aromatic carbocycles. The first-order chi connectivity index (χ1) is 8.20. The highest BCUT2D eigenvalue weighted by Crippen LogP contribution is 2.25. The highest BCUT2D eigenvalue weighted by atomic mass is 35.5. The molecule has 0 spiro atoms. The number of anilines is 1. The fourth-order valence-electron chi connectivity index (χ4n) is 1.72.